The number of methoxy groups -OCH3 is 1. The van der Waals surface area contributed by atoms with Crippen molar-refractivity contribution >= 4 is 55.7 Å². The van der Waals surface area contributed by atoms with Crippen LogP contribution in [-0.4, -0.2) is 36.5 Å². The lowest BCUT2D eigenvalue weighted by Gasteiger charge is -2.08. The Labute approximate surface area is 187 Å². The third-order valence-electron chi connectivity index (χ3n) is 5.04. The lowest BCUT2D eigenvalue weighted by molar-refractivity contribution is -0.147. The first kappa shape index (κ1) is 21.5. The molecule has 0 fully saturated rings. The Bertz CT molecular complexity index is 1100. The molecule has 0 radical (unpaired) electrons. The van der Waals surface area contributed by atoms with Gasteiger partial charge in [0, 0.05) is 11.3 Å². The second-order valence-electron chi connectivity index (χ2n) is 7.19. The number of thiazole rings is 1. The molecule has 3 aromatic rings. The number of benzene rings is 1. The van der Waals surface area contributed by atoms with Crippen LogP contribution in [0.4, 0.5) is 5.00 Å². The number of nitrogens with zero attached hydrogens (tertiary/aromatic N) is 1. The number of amides is 1. The quantitative estimate of drug-likeness (QED) is 0.510. The third kappa shape index (κ3) is 4.94. The van der Waals surface area contributed by atoms with Gasteiger partial charge in [0.1, 0.15) is 5.00 Å². The summed E-state index contributed by atoms with van der Waals surface area (Å²) in [5, 5.41) is 4.15. The molecule has 0 aliphatic heterocycles. The summed E-state index contributed by atoms with van der Waals surface area (Å²) in [6.45, 7) is -0.386. The molecule has 0 saturated carbocycles. The van der Waals surface area contributed by atoms with E-state index in [1.807, 2.05) is 24.3 Å². The van der Waals surface area contributed by atoms with Crippen molar-refractivity contribution in [3.63, 3.8) is 0 Å². The molecule has 162 valence electrons. The predicted octanol–water partition coefficient (Wildman–Crippen LogP) is 4.14. The number of fused-ring (bicyclic) bond motifs is 2. The molecule has 1 amide bonds. The van der Waals surface area contributed by atoms with E-state index in [1.165, 1.54) is 18.4 Å². The Kier molecular flexibility index (Phi) is 6.62. The van der Waals surface area contributed by atoms with Crippen molar-refractivity contribution in [2.24, 2.45) is 0 Å². The van der Waals surface area contributed by atoms with Gasteiger partial charge in [-0.05, 0) is 49.8 Å². The van der Waals surface area contributed by atoms with Crippen LogP contribution in [0.15, 0.2) is 24.3 Å². The van der Waals surface area contributed by atoms with Crippen LogP contribution in [0.1, 0.15) is 45.1 Å². The van der Waals surface area contributed by atoms with E-state index < -0.39 is 17.8 Å². The molecule has 0 atom stereocenters. The van der Waals surface area contributed by atoms with Crippen LogP contribution >= 0.6 is 22.7 Å². The molecule has 1 aromatic carbocycles. The van der Waals surface area contributed by atoms with Crippen molar-refractivity contribution in [2.75, 3.05) is 19.0 Å². The second-order valence-corrected chi connectivity index (χ2v) is 9.41. The summed E-state index contributed by atoms with van der Waals surface area (Å²) in [5.74, 6) is -1.36. The summed E-state index contributed by atoms with van der Waals surface area (Å²) < 4.78 is 11.1. The molecule has 0 saturated heterocycles. The van der Waals surface area contributed by atoms with Crippen LogP contribution in [0.2, 0.25) is 0 Å². The van der Waals surface area contributed by atoms with E-state index >= 15 is 0 Å². The average Bonchev–Trinajstić information content (AvgIpc) is 3.45. The fourth-order valence-corrected chi connectivity index (χ4v) is 5.90. The van der Waals surface area contributed by atoms with Gasteiger partial charge in [0.2, 0.25) is 0 Å². The molecule has 7 nitrogen and oxygen atoms in total. The highest BCUT2D eigenvalue weighted by Gasteiger charge is 2.28. The first-order chi connectivity index (χ1) is 15.0. The number of carbonyl (C=O) groups is 3. The van der Waals surface area contributed by atoms with E-state index in [9.17, 15) is 14.4 Å². The molecule has 31 heavy (non-hydrogen) atoms. The Morgan fingerprint density at radius 3 is 2.81 bits per heavy atom. The zero-order chi connectivity index (χ0) is 21.8. The zero-order valence-electron chi connectivity index (χ0n) is 17.1. The van der Waals surface area contributed by atoms with Crippen LogP contribution in [-0.2, 0) is 38.3 Å². The van der Waals surface area contributed by atoms with E-state index in [0.717, 1.165) is 44.9 Å². The summed E-state index contributed by atoms with van der Waals surface area (Å²) in [5.41, 5.74) is 2.35. The molecule has 1 N–H and O–H groups in total. The number of hydrogen-bond donors (Lipinski definition) is 1. The van der Waals surface area contributed by atoms with E-state index in [4.69, 9.17) is 9.47 Å². The smallest absolute Gasteiger partial charge is 0.341 e. The number of rotatable bonds is 8. The fourth-order valence-electron chi connectivity index (χ4n) is 3.60. The first-order valence-corrected chi connectivity index (χ1v) is 11.7. The van der Waals surface area contributed by atoms with Crippen LogP contribution in [0, 0.1) is 0 Å². The first-order valence-electron chi connectivity index (χ1n) is 10.1. The largest absolute Gasteiger partial charge is 0.465 e. The van der Waals surface area contributed by atoms with Crippen molar-refractivity contribution in [1.29, 1.82) is 0 Å². The van der Waals surface area contributed by atoms with Gasteiger partial charge in [0.15, 0.2) is 6.61 Å². The number of ether oxygens (including phenoxy) is 2. The van der Waals surface area contributed by atoms with Gasteiger partial charge in [-0.1, -0.05) is 12.1 Å². The van der Waals surface area contributed by atoms with Crippen molar-refractivity contribution in [1.82, 2.24) is 4.98 Å². The fraction of sp³-hybridized carbons (Fsp3) is 0.364. The number of nitrogens with one attached hydrogen (secondary N) is 1. The highest BCUT2D eigenvalue weighted by atomic mass is 32.1. The number of anilines is 1. The minimum absolute atomic E-state index is 0.212. The van der Waals surface area contributed by atoms with E-state index in [1.54, 1.807) is 11.3 Å². The van der Waals surface area contributed by atoms with E-state index in [0.29, 0.717) is 23.4 Å². The molecule has 4 rings (SSSR count). The van der Waals surface area contributed by atoms with Gasteiger partial charge < -0.3 is 14.8 Å². The molecular formula is C22H22N2O5S2. The number of thiophene rings is 1. The summed E-state index contributed by atoms with van der Waals surface area (Å²) >= 11 is 3.01. The Morgan fingerprint density at radius 2 is 2.00 bits per heavy atom. The molecule has 2 heterocycles. The lowest BCUT2D eigenvalue weighted by Crippen LogP contribution is -2.21. The number of para-hydroxylation sites is 1. The maximum atomic E-state index is 12.3. The number of aryl methyl sites for hydroxylation is 2. The standard InChI is InChI=1S/C22H22N2O5S2/c1-28-22(27)20-13-6-4-9-15(13)31-21(20)24-17(25)12-29-19(26)11-5-10-18-23-14-7-2-3-8-16(14)30-18/h2-3,7-8H,4-6,9-12H2,1H3,(H,24,25). The van der Waals surface area contributed by atoms with Crippen molar-refractivity contribution in [3.05, 3.63) is 45.3 Å². The van der Waals surface area contributed by atoms with Crippen LogP contribution < -0.4 is 5.32 Å². The summed E-state index contributed by atoms with van der Waals surface area (Å²) in [4.78, 5) is 42.1. The molecule has 1 aliphatic carbocycles. The molecule has 9 heteroatoms. The SMILES string of the molecule is COC(=O)c1c(NC(=O)COC(=O)CCCc2nc3ccccc3s2)sc2c1CCC2. The monoisotopic (exact) mass is 458 g/mol. The van der Waals surface area contributed by atoms with Crippen molar-refractivity contribution in [3.8, 4) is 0 Å². The maximum Gasteiger partial charge on any atom is 0.341 e. The number of aromatic nitrogens is 1. The van der Waals surface area contributed by atoms with Crippen molar-refractivity contribution in [2.45, 2.75) is 38.5 Å². The number of esters is 2. The second kappa shape index (κ2) is 9.57. The average molecular weight is 459 g/mol. The van der Waals surface area contributed by atoms with Crippen LogP contribution in [0.3, 0.4) is 0 Å². The highest BCUT2D eigenvalue weighted by molar-refractivity contribution is 7.18. The van der Waals surface area contributed by atoms with Gasteiger partial charge in [-0.25, -0.2) is 9.78 Å². The van der Waals surface area contributed by atoms with Gasteiger partial charge in [-0.15, -0.1) is 22.7 Å². The number of carbonyl (C=O) groups excluding carboxylic acids is 3. The lowest BCUT2D eigenvalue weighted by atomic mass is 10.1. The highest BCUT2D eigenvalue weighted by Crippen LogP contribution is 2.39. The van der Waals surface area contributed by atoms with Gasteiger partial charge in [0.25, 0.3) is 5.91 Å². The van der Waals surface area contributed by atoms with Gasteiger partial charge in [0.05, 0.1) is 27.9 Å². The minimum atomic E-state index is -0.468. The zero-order valence-corrected chi connectivity index (χ0v) is 18.7. The minimum Gasteiger partial charge on any atom is -0.465 e. The van der Waals surface area contributed by atoms with Gasteiger partial charge in [-0.2, -0.15) is 0 Å². The van der Waals surface area contributed by atoms with Crippen LogP contribution in [0.5, 0.6) is 0 Å². The van der Waals surface area contributed by atoms with Crippen molar-refractivity contribution < 1.29 is 23.9 Å². The van der Waals surface area contributed by atoms with Gasteiger partial charge >= 0.3 is 11.9 Å². The summed E-state index contributed by atoms with van der Waals surface area (Å²) in [6.07, 6.45) is 4.19. The summed E-state index contributed by atoms with van der Waals surface area (Å²) in [6, 6.07) is 7.92. The molecule has 1 aliphatic rings. The van der Waals surface area contributed by atoms with Crippen LogP contribution in [0.25, 0.3) is 10.2 Å². The molecule has 2 aromatic heterocycles. The Hall–Kier alpha value is -2.78. The Balaban J connectivity index is 1.24. The summed E-state index contributed by atoms with van der Waals surface area (Å²) in [7, 11) is 1.32. The maximum absolute atomic E-state index is 12.3. The molecule has 0 unspecified atom stereocenters. The predicted molar refractivity (Wildman–Crippen MR) is 120 cm³/mol. The topological polar surface area (TPSA) is 94.6 Å². The molecule has 0 spiro atoms. The van der Waals surface area contributed by atoms with Gasteiger partial charge in [-0.3, -0.25) is 9.59 Å². The van der Waals surface area contributed by atoms with E-state index in [-0.39, 0.29) is 13.0 Å². The Morgan fingerprint density at radius 1 is 1.16 bits per heavy atom. The van der Waals surface area contributed by atoms with E-state index in [2.05, 4.69) is 10.3 Å². The molecule has 0 bridgehead atoms. The third-order valence-corrected chi connectivity index (χ3v) is 7.34. The normalized spacial score (nSPS) is 12.5. The number of hydrogen-bond acceptors (Lipinski definition) is 8. The molecular weight excluding hydrogens is 436 g/mol.